The Morgan fingerprint density at radius 2 is 2.06 bits per heavy atom. The summed E-state index contributed by atoms with van der Waals surface area (Å²) in [7, 11) is 0. The maximum absolute atomic E-state index is 11.9. The molecule has 1 aliphatic heterocycles. The highest BCUT2D eigenvalue weighted by molar-refractivity contribution is 6.30. The quantitative estimate of drug-likeness (QED) is 0.924. The van der Waals surface area contributed by atoms with Gasteiger partial charge in [-0.15, -0.1) is 12.4 Å². The predicted molar refractivity (Wildman–Crippen MR) is 76.5 cm³/mol. The molecule has 1 heterocycles. The summed E-state index contributed by atoms with van der Waals surface area (Å²) in [5.74, 6) is 0.242. The average molecular weight is 289 g/mol. The SMILES string of the molecule is Cl.O=C(CCc1cccc(Cl)c1)N1CCNCC1. The Kier molecular flexibility index (Phi) is 6.47. The minimum atomic E-state index is 0. The summed E-state index contributed by atoms with van der Waals surface area (Å²) in [6.07, 6.45) is 1.34. The van der Waals surface area contributed by atoms with E-state index in [0.717, 1.165) is 43.2 Å². The van der Waals surface area contributed by atoms with Gasteiger partial charge in [0.2, 0.25) is 5.91 Å². The monoisotopic (exact) mass is 288 g/mol. The second kappa shape index (κ2) is 7.62. The molecule has 1 fully saturated rings. The molecule has 1 aromatic carbocycles. The van der Waals surface area contributed by atoms with Gasteiger partial charge in [0, 0.05) is 37.6 Å². The van der Waals surface area contributed by atoms with Gasteiger partial charge in [-0.25, -0.2) is 0 Å². The molecular formula is C13H18Cl2N2O. The Morgan fingerprint density at radius 1 is 1.33 bits per heavy atom. The topological polar surface area (TPSA) is 32.3 Å². The normalized spacial score (nSPS) is 15.1. The Bertz CT molecular complexity index is 392. The maximum Gasteiger partial charge on any atom is 0.222 e. The van der Waals surface area contributed by atoms with Gasteiger partial charge < -0.3 is 10.2 Å². The molecule has 5 heteroatoms. The number of halogens is 2. The van der Waals surface area contributed by atoms with Crippen molar-refractivity contribution in [3.8, 4) is 0 Å². The van der Waals surface area contributed by atoms with E-state index in [1.54, 1.807) is 0 Å². The van der Waals surface area contributed by atoms with E-state index in [1.807, 2.05) is 29.2 Å². The lowest BCUT2D eigenvalue weighted by Gasteiger charge is -2.27. The molecular weight excluding hydrogens is 271 g/mol. The number of nitrogens with zero attached hydrogens (tertiary/aromatic N) is 1. The highest BCUT2D eigenvalue weighted by atomic mass is 35.5. The van der Waals surface area contributed by atoms with Crippen molar-refractivity contribution < 1.29 is 4.79 Å². The molecule has 1 aliphatic rings. The molecule has 0 saturated carbocycles. The Balaban J connectivity index is 0.00000162. The molecule has 0 aliphatic carbocycles. The summed E-state index contributed by atoms with van der Waals surface area (Å²) in [4.78, 5) is 13.9. The first-order valence-corrected chi connectivity index (χ1v) is 6.36. The number of aryl methyl sites for hydroxylation is 1. The van der Waals surface area contributed by atoms with Crippen LogP contribution in [0, 0.1) is 0 Å². The van der Waals surface area contributed by atoms with E-state index in [9.17, 15) is 4.79 Å². The van der Waals surface area contributed by atoms with Crippen LogP contribution in [-0.4, -0.2) is 37.0 Å². The van der Waals surface area contributed by atoms with Gasteiger partial charge in [0.1, 0.15) is 0 Å². The third kappa shape index (κ3) is 4.48. The zero-order chi connectivity index (χ0) is 12.1. The lowest BCUT2D eigenvalue weighted by atomic mass is 10.1. The molecule has 1 aromatic rings. The zero-order valence-electron chi connectivity index (χ0n) is 10.2. The fourth-order valence-corrected chi connectivity index (χ4v) is 2.23. The number of hydrogen-bond acceptors (Lipinski definition) is 2. The highest BCUT2D eigenvalue weighted by Crippen LogP contribution is 2.12. The average Bonchev–Trinajstić information content (AvgIpc) is 2.37. The molecule has 0 atom stereocenters. The van der Waals surface area contributed by atoms with E-state index in [1.165, 1.54) is 0 Å². The first-order chi connectivity index (χ1) is 8.25. The molecule has 0 spiro atoms. The minimum absolute atomic E-state index is 0. The molecule has 18 heavy (non-hydrogen) atoms. The van der Waals surface area contributed by atoms with Crippen molar-refractivity contribution in [2.75, 3.05) is 26.2 Å². The minimum Gasteiger partial charge on any atom is -0.340 e. The summed E-state index contributed by atoms with van der Waals surface area (Å²) in [6, 6.07) is 7.71. The van der Waals surface area contributed by atoms with Crippen LogP contribution < -0.4 is 5.32 Å². The van der Waals surface area contributed by atoms with Crippen LogP contribution in [-0.2, 0) is 11.2 Å². The van der Waals surface area contributed by atoms with Crippen LogP contribution in [0.1, 0.15) is 12.0 Å². The van der Waals surface area contributed by atoms with E-state index >= 15 is 0 Å². The summed E-state index contributed by atoms with van der Waals surface area (Å²) in [6.45, 7) is 3.47. The summed E-state index contributed by atoms with van der Waals surface area (Å²) in [5.41, 5.74) is 1.13. The summed E-state index contributed by atoms with van der Waals surface area (Å²) in [5, 5.41) is 3.97. The lowest BCUT2D eigenvalue weighted by molar-refractivity contribution is -0.131. The maximum atomic E-state index is 11.9. The molecule has 0 aromatic heterocycles. The third-order valence-electron chi connectivity index (χ3n) is 2.99. The van der Waals surface area contributed by atoms with Crippen LogP contribution in [0.4, 0.5) is 0 Å². The van der Waals surface area contributed by atoms with Crippen LogP contribution in [0.3, 0.4) is 0 Å². The fourth-order valence-electron chi connectivity index (χ4n) is 2.02. The lowest BCUT2D eigenvalue weighted by Crippen LogP contribution is -2.46. The van der Waals surface area contributed by atoms with Crippen molar-refractivity contribution in [3.63, 3.8) is 0 Å². The number of nitrogens with one attached hydrogen (secondary N) is 1. The summed E-state index contributed by atoms with van der Waals surface area (Å²) >= 11 is 5.91. The van der Waals surface area contributed by atoms with E-state index in [0.29, 0.717) is 6.42 Å². The van der Waals surface area contributed by atoms with Crippen molar-refractivity contribution in [2.24, 2.45) is 0 Å². The molecule has 1 amide bonds. The van der Waals surface area contributed by atoms with Gasteiger partial charge in [0.15, 0.2) is 0 Å². The number of rotatable bonds is 3. The second-order valence-corrected chi connectivity index (χ2v) is 4.70. The van der Waals surface area contributed by atoms with E-state index < -0.39 is 0 Å². The first kappa shape index (κ1) is 15.3. The third-order valence-corrected chi connectivity index (χ3v) is 3.22. The van der Waals surface area contributed by atoms with Gasteiger partial charge in [0.05, 0.1) is 0 Å². The Labute approximate surface area is 119 Å². The smallest absolute Gasteiger partial charge is 0.222 e. The number of benzene rings is 1. The molecule has 100 valence electrons. The van der Waals surface area contributed by atoms with Crippen molar-refractivity contribution in [3.05, 3.63) is 34.9 Å². The number of hydrogen-bond donors (Lipinski definition) is 1. The first-order valence-electron chi connectivity index (χ1n) is 5.98. The summed E-state index contributed by atoms with van der Waals surface area (Å²) < 4.78 is 0. The predicted octanol–water partition coefficient (Wildman–Crippen LogP) is 2.13. The van der Waals surface area contributed by atoms with Gasteiger partial charge in [0.25, 0.3) is 0 Å². The Hall–Kier alpha value is -0.770. The largest absolute Gasteiger partial charge is 0.340 e. The number of amides is 1. The molecule has 3 nitrogen and oxygen atoms in total. The molecule has 2 rings (SSSR count). The zero-order valence-corrected chi connectivity index (χ0v) is 11.8. The number of carbonyl (C=O) groups is 1. The number of carbonyl (C=O) groups excluding carboxylic acids is 1. The van der Waals surface area contributed by atoms with Gasteiger partial charge in [-0.2, -0.15) is 0 Å². The van der Waals surface area contributed by atoms with Gasteiger partial charge >= 0.3 is 0 Å². The van der Waals surface area contributed by atoms with Crippen LogP contribution >= 0.6 is 24.0 Å². The van der Waals surface area contributed by atoms with Crippen molar-refractivity contribution >= 4 is 29.9 Å². The van der Waals surface area contributed by atoms with Crippen LogP contribution in [0.25, 0.3) is 0 Å². The van der Waals surface area contributed by atoms with E-state index in [4.69, 9.17) is 11.6 Å². The van der Waals surface area contributed by atoms with Gasteiger partial charge in [-0.3, -0.25) is 4.79 Å². The fraction of sp³-hybridized carbons (Fsp3) is 0.462. The molecule has 0 radical (unpaired) electrons. The molecule has 0 unspecified atom stereocenters. The molecule has 1 N–H and O–H groups in total. The van der Waals surface area contributed by atoms with Crippen molar-refractivity contribution in [1.82, 2.24) is 10.2 Å². The van der Waals surface area contributed by atoms with E-state index in [2.05, 4.69) is 5.32 Å². The molecule has 0 bridgehead atoms. The van der Waals surface area contributed by atoms with E-state index in [-0.39, 0.29) is 18.3 Å². The highest BCUT2D eigenvalue weighted by Gasteiger charge is 2.15. The van der Waals surface area contributed by atoms with Crippen molar-refractivity contribution in [2.45, 2.75) is 12.8 Å². The number of piperazine rings is 1. The van der Waals surface area contributed by atoms with Crippen LogP contribution in [0.2, 0.25) is 5.02 Å². The van der Waals surface area contributed by atoms with Crippen molar-refractivity contribution in [1.29, 1.82) is 0 Å². The van der Waals surface area contributed by atoms with Crippen LogP contribution in [0.5, 0.6) is 0 Å². The second-order valence-electron chi connectivity index (χ2n) is 4.26. The molecule has 1 saturated heterocycles. The van der Waals surface area contributed by atoms with Gasteiger partial charge in [-0.1, -0.05) is 23.7 Å². The van der Waals surface area contributed by atoms with Gasteiger partial charge in [-0.05, 0) is 24.1 Å². The Morgan fingerprint density at radius 3 is 2.72 bits per heavy atom. The van der Waals surface area contributed by atoms with Crippen LogP contribution in [0.15, 0.2) is 24.3 Å². The standard InChI is InChI=1S/C13H17ClN2O.ClH/c14-12-3-1-2-11(10-12)4-5-13(17)16-8-6-15-7-9-16;/h1-3,10,15H,4-9H2;1H.